The van der Waals surface area contributed by atoms with Crippen LogP contribution >= 0.6 is 7.26 Å². The number of amides is 1. The van der Waals surface area contributed by atoms with Crippen LogP contribution in [0.5, 0.6) is 0 Å². The van der Waals surface area contributed by atoms with Crippen LogP contribution in [0.3, 0.4) is 0 Å². The van der Waals surface area contributed by atoms with Crippen LogP contribution in [0.15, 0.2) is 120 Å². The van der Waals surface area contributed by atoms with Crippen molar-refractivity contribution < 1.29 is 13.2 Å². The molecule has 4 aromatic rings. The maximum absolute atomic E-state index is 14.1. The lowest BCUT2D eigenvalue weighted by molar-refractivity contribution is -0.123. The number of carbonyl (C=O) groups is 1. The van der Waals surface area contributed by atoms with Gasteiger partial charge in [0.25, 0.3) is 15.9 Å². The standard InChI is InChI=1S/C29H27NO3PS/c1-23-17-19-27(20-18-23)35(32,33)30-22-21-28(29(30)31)34(24-11-5-2-6-12-24,25-13-7-3-8-14-25)26-15-9-4-10-16-26/h2-20,28H,21-22H2,1H3/q+1/t28-/m1/s1. The molecule has 0 bridgehead atoms. The van der Waals surface area contributed by atoms with Gasteiger partial charge in [-0.1, -0.05) is 72.3 Å². The van der Waals surface area contributed by atoms with Crippen LogP contribution < -0.4 is 15.9 Å². The topological polar surface area (TPSA) is 54.5 Å². The quantitative estimate of drug-likeness (QED) is 0.372. The second kappa shape index (κ2) is 9.41. The molecule has 0 radical (unpaired) electrons. The van der Waals surface area contributed by atoms with E-state index in [1.54, 1.807) is 24.3 Å². The van der Waals surface area contributed by atoms with Crippen LogP contribution in [-0.4, -0.2) is 30.8 Å². The van der Waals surface area contributed by atoms with Gasteiger partial charge < -0.3 is 0 Å². The van der Waals surface area contributed by atoms with Crippen molar-refractivity contribution in [1.82, 2.24) is 4.31 Å². The molecule has 0 N–H and O–H groups in total. The van der Waals surface area contributed by atoms with E-state index in [-0.39, 0.29) is 17.3 Å². The molecule has 1 aliphatic heterocycles. The molecule has 1 heterocycles. The molecule has 0 unspecified atom stereocenters. The van der Waals surface area contributed by atoms with Crippen molar-refractivity contribution in [3.05, 3.63) is 121 Å². The Balaban J connectivity index is 1.70. The molecule has 1 amide bonds. The Morgan fingerprint density at radius 2 is 1.11 bits per heavy atom. The van der Waals surface area contributed by atoms with Gasteiger partial charge in [0.2, 0.25) is 0 Å². The molecule has 4 aromatic carbocycles. The van der Waals surface area contributed by atoms with Gasteiger partial charge in [-0.05, 0) is 55.5 Å². The Bertz CT molecular complexity index is 1330. The third kappa shape index (κ3) is 3.99. The van der Waals surface area contributed by atoms with Crippen LogP contribution in [0.4, 0.5) is 0 Å². The molecule has 1 saturated heterocycles. The van der Waals surface area contributed by atoms with Crippen molar-refractivity contribution in [3.8, 4) is 0 Å². The SMILES string of the molecule is Cc1ccc(S(=O)(=O)N2CC[C@@H]([P+](c3ccccc3)(c3ccccc3)c3ccccc3)C2=O)cc1. The molecule has 4 nitrogen and oxygen atoms in total. The van der Waals surface area contributed by atoms with Crippen molar-refractivity contribution in [2.45, 2.75) is 23.9 Å². The van der Waals surface area contributed by atoms with E-state index in [2.05, 4.69) is 36.4 Å². The third-order valence-electron chi connectivity index (χ3n) is 6.70. The van der Waals surface area contributed by atoms with E-state index in [0.29, 0.717) is 6.42 Å². The monoisotopic (exact) mass is 500 g/mol. The Morgan fingerprint density at radius 3 is 1.54 bits per heavy atom. The summed E-state index contributed by atoms with van der Waals surface area (Å²) in [6.45, 7) is 2.08. The first-order valence-corrected chi connectivity index (χ1v) is 14.9. The summed E-state index contributed by atoms with van der Waals surface area (Å²) in [7, 11) is -6.46. The Morgan fingerprint density at radius 1 is 0.686 bits per heavy atom. The summed E-state index contributed by atoms with van der Waals surface area (Å²) < 4.78 is 28.2. The number of carbonyl (C=O) groups excluding carboxylic acids is 1. The maximum Gasteiger partial charge on any atom is 0.278 e. The van der Waals surface area contributed by atoms with E-state index in [1.807, 2.05) is 61.5 Å². The van der Waals surface area contributed by atoms with Crippen LogP contribution in [0.2, 0.25) is 0 Å². The molecule has 35 heavy (non-hydrogen) atoms. The van der Waals surface area contributed by atoms with Crippen molar-refractivity contribution in [1.29, 1.82) is 0 Å². The van der Waals surface area contributed by atoms with Crippen LogP contribution in [0.25, 0.3) is 0 Å². The zero-order valence-electron chi connectivity index (χ0n) is 19.5. The Labute approximate surface area is 207 Å². The zero-order chi connectivity index (χ0) is 24.5. The predicted octanol–water partition coefficient (Wildman–Crippen LogP) is 4.28. The van der Waals surface area contributed by atoms with E-state index in [4.69, 9.17) is 0 Å². The number of sulfonamides is 1. The van der Waals surface area contributed by atoms with Crippen molar-refractivity contribution in [3.63, 3.8) is 0 Å². The van der Waals surface area contributed by atoms with Crippen LogP contribution in [-0.2, 0) is 14.8 Å². The second-order valence-corrected chi connectivity index (χ2v) is 14.2. The van der Waals surface area contributed by atoms with Gasteiger partial charge in [-0.25, -0.2) is 12.7 Å². The fourth-order valence-electron chi connectivity index (χ4n) is 5.05. The minimum atomic E-state index is -3.94. The molecule has 0 aromatic heterocycles. The van der Waals surface area contributed by atoms with E-state index < -0.39 is 22.9 Å². The molecule has 0 saturated carbocycles. The molecule has 5 rings (SSSR count). The molecule has 6 heteroatoms. The maximum atomic E-state index is 14.1. The first kappa shape index (κ1) is 23.5. The van der Waals surface area contributed by atoms with Gasteiger partial charge >= 0.3 is 0 Å². The van der Waals surface area contributed by atoms with Crippen molar-refractivity contribution >= 4 is 39.1 Å². The van der Waals surface area contributed by atoms with E-state index in [1.165, 1.54) is 0 Å². The number of aryl methyl sites for hydroxylation is 1. The molecule has 176 valence electrons. The van der Waals surface area contributed by atoms with E-state index in [9.17, 15) is 13.2 Å². The Hall–Kier alpha value is -3.27. The summed E-state index contributed by atoms with van der Waals surface area (Å²) >= 11 is 0. The molecule has 1 atom stereocenters. The molecule has 0 spiro atoms. The molecular formula is C29H27NO3PS+. The van der Waals surface area contributed by atoms with Gasteiger partial charge in [0.1, 0.15) is 23.2 Å². The third-order valence-corrected chi connectivity index (χ3v) is 13.3. The first-order chi connectivity index (χ1) is 17.0. The van der Waals surface area contributed by atoms with Gasteiger partial charge in [0.05, 0.1) is 4.90 Å². The number of rotatable bonds is 6. The van der Waals surface area contributed by atoms with E-state index >= 15 is 0 Å². The fourth-order valence-corrected chi connectivity index (χ4v) is 11.4. The van der Waals surface area contributed by atoms with Gasteiger partial charge in [-0.2, -0.15) is 0 Å². The summed E-state index contributed by atoms with van der Waals surface area (Å²) in [6, 6.07) is 37.1. The van der Waals surface area contributed by atoms with Crippen LogP contribution in [0, 0.1) is 6.92 Å². The summed E-state index contributed by atoms with van der Waals surface area (Å²) in [6.07, 6.45) is 0.469. The summed E-state index contributed by atoms with van der Waals surface area (Å²) in [4.78, 5) is 14.3. The fraction of sp³-hybridized carbons (Fsp3) is 0.138. The lowest BCUT2D eigenvalue weighted by Gasteiger charge is -2.31. The first-order valence-electron chi connectivity index (χ1n) is 11.6. The minimum absolute atomic E-state index is 0.153. The average Bonchev–Trinajstić information content (AvgIpc) is 3.29. The average molecular weight is 501 g/mol. The van der Waals surface area contributed by atoms with Crippen molar-refractivity contribution in [2.24, 2.45) is 0 Å². The Kier molecular flexibility index (Phi) is 6.31. The highest BCUT2D eigenvalue weighted by Gasteiger charge is 2.60. The highest BCUT2D eigenvalue weighted by molar-refractivity contribution is 7.97. The van der Waals surface area contributed by atoms with Gasteiger partial charge in [0.15, 0.2) is 5.66 Å². The zero-order valence-corrected chi connectivity index (χ0v) is 21.2. The molecule has 1 fully saturated rings. The highest BCUT2D eigenvalue weighted by Crippen LogP contribution is 2.62. The highest BCUT2D eigenvalue weighted by atomic mass is 32.2. The number of benzene rings is 4. The van der Waals surface area contributed by atoms with Crippen LogP contribution in [0.1, 0.15) is 12.0 Å². The largest absolute Gasteiger partial charge is 0.278 e. The molecule has 0 aliphatic carbocycles. The molecule has 1 aliphatic rings. The number of hydrogen-bond acceptors (Lipinski definition) is 3. The minimum Gasteiger partial charge on any atom is -0.269 e. The van der Waals surface area contributed by atoms with Gasteiger partial charge in [-0.15, -0.1) is 0 Å². The predicted molar refractivity (Wildman–Crippen MR) is 144 cm³/mol. The van der Waals surface area contributed by atoms with Gasteiger partial charge in [-0.3, -0.25) is 4.79 Å². The lowest BCUT2D eigenvalue weighted by Crippen LogP contribution is -2.43. The number of nitrogens with zero attached hydrogens (tertiary/aromatic N) is 1. The van der Waals surface area contributed by atoms with Crippen molar-refractivity contribution in [2.75, 3.05) is 6.54 Å². The second-order valence-electron chi connectivity index (χ2n) is 8.76. The lowest BCUT2D eigenvalue weighted by atomic mass is 10.2. The normalized spacial score (nSPS) is 16.4. The summed E-state index contributed by atoms with van der Waals surface area (Å²) in [5.41, 5.74) is 0.492. The molecular weight excluding hydrogens is 473 g/mol. The van der Waals surface area contributed by atoms with E-state index in [0.717, 1.165) is 25.8 Å². The number of hydrogen-bond donors (Lipinski definition) is 0. The summed E-state index contributed by atoms with van der Waals surface area (Å²) in [5.74, 6) is -0.324. The van der Waals surface area contributed by atoms with Gasteiger partial charge in [0, 0.05) is 13.0 Å². The smallest absolute Gasteiger partial charge is 0.269 e. The summed E-state index contributed by atoms with van der Waals surface area (Å²) in [5, 5.41) is 3.22.